The maximum absolute atomic E-state index is 11.5. The molecule has 1 saturated heterocycles. The van der Waals surface area contributed by atoms with Gasteiger partial charge in [-0.3, -0.25) is 4.79 Å². The standard InChI is InChI=1S/C9H18N2O/c1-8(2)5-11(6-8)7(12)9(3,4)10/h5-6,10H2,1-4H3. The summed E-state index contributed by atoms with van der Waals surface area (Å²) in [6.45, 7) is 9.49. The lowest BCUT2D eigenvalue weighted by atomic mass is 9.83. The molecule has 0 spiro atoms. The average Bonchev–Trinajstić information content (AvgIpc) is 1.78. The highest BCUT2D eigenvalue weighted by atomic mass is 16.2. The van der Waals surface area contributed by atoms with Gasteiger partial charge in [-0.15, -0.1) is 0 Å². The maximum Gasteiger partial charge on any atom is 0.242 e. The monoisotopic (exact) mass is 170 g/mol. The molecule has 2 N–H and O–H groups in total. The molecule has 0 aromatic rings. The lowest BCUT2D eigenvalue weighted by Crippen LogP contribution is -2.62. The Labute approximate surface area is 73.9 Å². The first-order chi connectivity index (χ1) is 5.22. The van der Waals surface area contributed by atoms with Crippen LogP contribution >= 0.6 is 0 Å². The fourth-order valence-electron chi connectivity index (χ4n) is 1.54. The Morgan fingerprint density at radius 1 is 1.42 bits per heavy atom. The Morgan fingerprint density at radius 3 is 2.08 bits per heavy atom. The van der Waals surface area contributed by atoms with Crippen LogP contribution in [-0.2, 0) is 4.79 Å². The van der Waals surface area contributed by atoms with E-state index in [1.165, 1.54) is 0 Å². The van der Waals surface area contributed by atoms with Crippen LogP contribution in [0.1, 0.15) is 27.7 Å². The number of rotatable bonds is 1. The minimum Gasteiger partial charge on any atom is -0.340 e. The van der Waals surface area contributed by atoms with Crippen LogP contribution in [0.4, 0.5) is 0 Å². The van der Waals surface area contributed by atoms with E-state index in [-0.39, 0.29) is 5.91 Å². The van der Waals surface area contributed by atoms with Gasteiger partial charge in [-0.2, -0.15) is 0 Å². The largest absolute Gasteiger partial charge is 0.340 e. The zero-order valence-electron chi connectivity index (χ0n) is 8.35. The number of amides is 1. The van der Waals surface area contributed by atoms with Gasteiger partial charge in [0.05, 0.1) is 5.54 Å². The van der Waals surface area contributed by atoms with Crippen molar-refractivity contribution in [2.75, 3.05) is 13.1 Å². The maximum atomic E-state index is 11.5. The van der Waals surface area contributed by atoms with Crippen molar-refractivity contribution in [2.45, 2.75) is 33.2 Å². The van der Waals surface area contributed by atoms with Gasteiger partial charge in [-0.05, 0) is 19.3 Å². The predicted octanol–water partition coefficient (Wildman–Crippen LogP) is 0.592. The molecule has 3 heteroatoms. The van der Waals surface area contributed by atoms with E-state index in [0.29, 0.717) is 5.41 Å². The molecule has 1 fully saturated rings. The molecule has 0 aromatic carbocycles. The van der Waals surface area contributed by atoms with Crippen molar-refractivity contribution in [1.29, 1.82) is 0 Å². The number of nitrogens with zero attached hydrogens (tertiary/aromatic N) is 1. The number of hydrogen-bond acceptors (Lipinski definition) is 2. The molecule has 70 valence electrons. The normalized spacial score (nSPS) is 21.9. The summed E-state index contributed by atoms with van der Waals surface area (Å²) in [6.07, 6.45) is 0. The van der Waals surface area contributed by atoms with Crippen molar-refractivity contribution < 1.29 is 4.79 Å². The Morgan fingerprint density at radius 2 is 1.83 bits per heavy atom. The van der Waals surface area contributed by atoms with E-state index >= 15 is 0 Å². The second-order valence-corrected chi connectivity index (χ2v) is 5.05. The first-order valence-corrected chi connectivity index (χ1v) is 4.31. The van der Waals surface area contributed by atoms with Crippen LogP contribution in [0.3, 0.4) is 0 Å². The van der Waals surface area contributed by atoms with E-state index in [1.54, 1.807) is 13.8 Å². The highest BCUT2D eigenvalue weighted by molar-refractivity contribution is 5.85. The molecular weight excluding hydrogens is 152 g/mol. The van der Waals surface area contributed by atoms with Gasteiger partial charge in [-0.25, -0.2) is 0 Å². The van der Waals surface area contributed by atoms with Crippen molar-refractivity contribution in [1.82, 2.24) is 4.90 Å². The predicted molar refractivity (Wildman–Crippen MR) is 48.6 cm³/mol. The molecule has 12 heavy (non-hydrogen) atoms. The molecule has 1 aliphatic heterocycles. The fraction of sp³-hybridized carbons (Fsp3) is 0.889. The van der Waals surface area contributed by atoms with Crippen LogP contribution < -0.4 is 5.73 Å². The zero-order chi connectivity index (χ0) is 9.57. The Bertz CT molecular complexity index is 195. The SMILES string of the molecule is CC1(C)CN(C(=O)C(C)(C)N)C1. The summed E-state index contributed by atoms with van der Waals surface area (Å²) < 4.78 is 0. The lowest BCUT2D eigenvalue weighted by Gasteiger charge is -2.47. The van der Waals surface area contributed by atoms with Gasteiger partial charge >= 0.3 is 0 Å². The first kappa shape index (κ1) is 9.52. The molecule has 0 atom stereocenters. The van der Waals surface area contributed by atoms with E-state index in [9.17, 15) is 4.79 Å². The van der Waals surface area contributed by atoms with Crippen molar-refractivity contribution in [2.24, 2.45) is 11.1 Å². The number of carbonyl (C=O) groups is 1. The summed E-state index contributed by atoms with van der Waals surface area (Å²) in [6, 6.07) is 0. The molecule has 0 saturated carbocycles. The topological polar surface area (TPSA) is 46.3 Å². The smallest absolute Gasteiger partial charge is 0.242 e. The second-order valence-electron chi connectivity index (χ2n) is 5.05. The highest BCUT2D eigenvalue weighted by Crippen LogP contribution is 2.29. The Balaban J connectivity index is 2.50. The van der Waals surface area contributed by atoms with Gasteiger partial charge < -0.3 is 10.6 Å². The van der Waals surface area contributed by atoms with Crippen molar-refractivity contribution >= 4 is 5.91 Å². The van der Waals surface area contributed by atoms with Gasteiger partial charge in [-0.1, -0.05) is 13.8 Å². The van der Waals surface area contributed by atoms with E-state index in [1.807, 2.05) is 4.90 Å². The molecular formula is C9H18N2O. The minimum atomic E-state index is -0.712. The van der Waals surface area contributed by atoms with Crippen molar-refractivity contribution in [3.63, 3.8) is 0 Å². The number of hydrogen-bond donors (Lipinski definition) is 1. The molecule has 1 amide bonds. The Kier molecular flexibility index (Phi) is 1.95. The molecule has 0 bridgehead atoms. The van der Waals surface area contributed by atoms with E-state index in [0.717, 1.165) is 13.1 Å². The van der Waals surface area contributed by atoms with Gasteiger partial charge in [0, 0.05) is 13.1 Å². The second kappa shape index (κ2) is 2.46. The molecule has 0 radical (unpaired) electrons. The molecule has 0 unspecified atom stereocenters. The van der Waals surface area contributed by atoms with Crippen LogP contribution in [0.5, 0.6) is 0 Å². The van der Waals surface area contributed by atoms with E-state index in [4.69, 9.17) is 5.73 Å². The van der Waals surface area contributed by atoms with E-state index in [2.05, 4.69) is 13.8 Å². The molecule has 1 heterocycles. The summed E-state index contributed by atoms with van der Waals surface area (Å²) in [5.41, 5.74) is 5.27. The van der Waals surface area contributed by atoms with Gasteiger partial charge in [0.25, 0.3) is 0 Å². The zero-order valence-corrected chi connectivity index (χ0v) is 8.35. The molecule has 0 aromatic heterocycles. The first-order valence-electron chi connectivity index (χ1n) is 4.31. The summed E-state index contributed by atoms with van der Waals surface area (Å²) in [5, 5.41) is 0. The minimum absolute atomic E-state index is 0.0572. The molecule has 1 aliphatic rings. The third-order valence-corrected chi connectivity index (χ3v) is 2.08. The van der Waals surface area contributed by atoms with Crippen LogP contribution in [0.25, 0.3) is 0 Å². The third-order valence-electron chi connectivity index (χ3n) is 2.08. The third kappa shape index (κ3) is 1.78. The number of likely N-dealkylation sites (tertiary alicyclic amines) is 1. The van der Waals surface area contributed by atoms with Crippen LogP contribution in [0.2, 0.25) is 0 Å². The average molecular weight is 170 g/mol. The van der Waals surface area contributed by atoms with Gasteiger partial charge in [0.2, 0.25) is 5.91 Å². The molecule has 3 nitrogen and oxygen atoms in total. The quantitative estimate of drug-likeness (QED) is 0.626. The Hall–Kier alpha value is -0.570. The van der Waals surface area contributed by atoms with Crippen LogP contribution in [0, 0.1) is 5.41 Å². The summed E-state index contributed by atoms with van der Waals surface area (Å²) in [5.74, 6) is 0.0572. The summed E-state index contributed by atoms with van der Waals surface area (Å²) in [4.78, 5) is 13.4. The fourth-order valence-corrected chi connectivity index (χ4v) is 1.54. The van der Waals surface area contributed by atoms with Gasteiger partial charge in [0.1, 0.15) is 0 Å². The summed E-state index contributed by atoms with van der Waals surface area (Å²) >= 11 is 0. The highest BCUT2D eigenvalue weighted by Gasteiger charge is 2.40. The van der Waals surface area contributed by atoms with Crippen LogP contribution in [0.15, 0.2) is 0 Å². The van der Waals surface area contributed by atoms with Gasteiger partial charge in [0.15, 0.2) is 0 Å². The van der Waals surface area contributed by atoms with Crippen LogP contribution in [-0.4, -0.2) is 29.4 Å². The lowest BCUT2D eigenvalue weighted by molar-refractivity contribution is -0.146. The summed E-state index contributed by atoms with van der Waals surface area (Å²) in [7, 11) is 0. The number of nitrogens with two attached hydrogens (primary N) is 1. The molecule has 0 aliphatic carbocycles. The molecule has 1 rings (SSSR count). The number of carbonyl (C=O) groups excluding carboxylic acids is 1. The van der Waals surface area contributed by atoms with Crippen molar-refractivity contribution in [3.8, 4) is 0 Å². The van der Waals surface area contributed by atoms with Crippen molar-refractivity contribution in [3.05, 3.63) is 0 Å². The van der Waals surface area contributed by atoms with E-state index < -0.39 is 5.54 Å².